The van der Waals surface area contributed by atoms with Gasteiger partial charge in [0.05, 0.1) is 6.04 Å². The molecule has 0 bridgehead atoms. The Bertz CT molecular complexity index is 737. The molecule has 0 spiro atoms. The van der Waals surface area contributed by atoms with Crippen molar-refractivity contribution in [3.63, 3.8) is 0 Å². The molecule has 1 saturated heterocycles. The number of benzene rings is 1. The smallest absolute Gasteiger partial charge is 0.286 e. The van der Waals surface area contributed by atoms with E-state index in [2.05, 4.69) is 10.6 Å². The molecule has 2 N–H and O–H groups in total. The number of rotatable bonds is 7. The summed E-state index contributed by atoms with van der Waals surface area (Å²) in [5.41, 5.74) is 0.816. The van der Waals surface area contributed by atoms with Crippen LogP contribution in [0.15, 0.2) is 30.0 Å². The summed E-state index contributed by atoms with van der Waals surface area (Å²) in [5.74, 6) is -0.0125. The molecule has 2 amide bonds. The third-order valence-corrected chi connectivity index (χ3v) is 5.33. The van der Waals surface area contributed by atoms with Gasteiger partial charge in [-0.15, -0.1) is 0 Å². The second-order valence-corrected chi connectivity index (χ2v) is 7.59. The van der Waals surface area contributed by atoms with Gasteiger partial charge in [0.1, 0.15) is 6.10 Å². The lowest BCUT2D eigenvalue weighted by Crippen LogP contribution is -2.54. The molecular formula is C21H27ClN2O4. The van der Waals surface area contributed by atoms with Crippen LogP contribution in [0.1, 0.15) is 38.2 Å². The van der Waals surface area contributed by atoms with E-state index < -0.39 is 0 Å². The number of carbonyl (C=O) groups is 2. The quantitative estimate of drug-likeness (QED) is 0.539. The van der Waals surface area contributed by atoms with E-state index in [-0.39, 0.29) is 29.9 Å². The number of hydrogen-bond donors (Lipinski definition) is 2. The molecule has 1 aliphatic carbocycles. The van der Waals surface area contributed by atoms with Crippen LogP contribution in [0.3, 0.4) is 0 Å². The number of ether oxygens (including phenoxy) is 2. The van der Waals surface area contributed by atoms with E-state index in [0.29, 0.717) is 37.0 Å². The van der Waals surface area contributed by atoms with Crippen molar-refractivity contribution in [1.82, 2.24) is 10.6 Å². The Balaban J connectivity index is 1.53. The molecule has 1 aromatic carbocycles. The Hall–Kier alpha value is -2.05. The van der Waals surface area contributed by atoms with Crippen molar-refractivity contribution in [3.8, 4) is 0 Å². The minimum Gasteiger partial charge on any atom is -0.483 e. The van der Waals surface area contributed by atoms with Crippen LogP contribution in [-0.4, -0.2) is 43.7 Å². The SMILES string of the molecule is CCOCCCNC(=O)C1CCC2O/C(=C\c3cccc(Cl)c3)C(=O)NC2C1. The van der Waals surface area contributed by atoms with Crippen LogP contribution < -0.4 is 10.6 Å². The minimum absolute atomic E-state index is 0.0458. The normalized spacial score (nSPS) is 25.6. The molecule has 3 atom stereocenters. The number of morpholine rings is 1. The average Bonchev–Trinajstić information content (AvgIpc) is 2.68. The second-order valence-electron chi connectivity index (χ2n) is 7.15. The predicted octanol–water partition coefficient (Wildman–Crippen LogP) is 2.91. The molecule has 0 radical (unpaired) electrons. The number of nitrogens with one attached hydrogen (secondary N) is 2. The highest BCUT2D eigenvalue weighted by Crippen LogP contribution is 2.31. The molecule has 152 valence electrons. The zero-order valence-electron chi connectivity index (χ0n) is 16.1. The van der Waals surface area contributed by atoms with E-state index in [9.17, 15) is 9.59 Å². The predicted molar refractivity (Wildman–Crippen MR) is 108 cm³/mol. The number of halogens is 1. The third-order valence-electron chi connectivity index (χ3n) is 5.09. The molecule has 1 aliphatic heterocycles. The fourth-order valence-corrected chi connectivity index (χ4v) is 3.85. The summed E-state index contributed by atoms with van der Waals surface area (Å²) in [6.07, 6.45) is 4.47. The van der Waals surface area contributed by atoms with Gasteiger partial charge in [0, 0.05) is 30.7 Å². The van der Waals surface area contributed by atoms with Crippen molar-refractivity contribution >= 4 is 29.5 Å². The zero-order chi connectivity index (χ0) is 19.9. The van der Waals surface area contributed by atoms with Crippen molar-refractivity contribution in [2.75, 3.05) is 19.8 Å². The lowest BCUT2D eigenvalue weighted by molar-refractivity contribution is -0.134. The van der Waals surface area contributed by atoms with Crippen LogP contribution in [0.4, 0.5) is 0 Å². The topological polar surface area (TPSA) is 76.7 Å². The van der Waals surface area contributed by atoms with Gasteiger partial charge in [0.2, 0.25) is 5.91 Å². The average molecular weight is 407 g/mol. The lowest BCUT2D eigenvalue weighted by atomic mass is 9.82. The minimum atomic E-state index is -0.251. The van der Waals surface area contributed by atoms with Crippen molar-refractivity contribution in [1.29, 1.82) is 0 Å². The largest absolute Gasteiger partial charge is 0.483 e. The zero-order valence-corrected chi connectivity index (χ0v) is 16.8. The van der Waals surface area contributed by atoms with Crippen molar-refractivity contribution in [3.05, 3.63) is 40.6 Å². The molecule has 2 aliphatic rings. The van der Waals surface area contributed by atoms with Crippen molar-refractivity contribution < 1.29 is 19.1 Å². The van der Waals surface area contributed by atoms with E-state index >= 15 is 0 Å². The Kier molecular flexibility index (Phi) is 7.34. The van der Waals surface area contributed by atoms with E-state index in [1.54, 1.807) is 18.2 Å². The summed E-state index contributed by atoms with van der Waals surface area (Å²) in [6.45, 7) is 3.90. The van der Waals surface area contributed by atoms with Gasteiger partial charge < -0.3 is 20.1 Å². The fourth-order valence-electron chi connectivity index (χ4n) is 3.65. The molecule has 7 heteroatoms. The first-order valence-electron chi connectivity index (χ1n) is 9.87. The number of carbonyl (C=O) groups excluding carboxylic acids is 2. The summed E-state index contributed by atoms with van der Waals surface area (Å²) in [5, 5.41) is 6.58. The Labute approximate surface area is 170 Å². The number of fused-ring (bicyclic) bond motifs is 1. The summed E-state index contributed by atoms with van der Waals surface area (Å²) in [4.78, 5) is 24.8. The maximum atomic E-state index is 12.4. The maximum Gasteiger partial charge on any atom is 0.286 e. The van der Waals surface area contributed by atoms with Crippen LogP contribution in [0.5, 0.6) is 0 Å². The second kappa shape index (κ2) is 9.94. The monoisotopic (exact) mass is 406 g/mol. The standard InChI is InChI=1S/C21H27ClN2O4/c1-2-27-10-4-9-23-20(25)15-7-8-18-17(13-15)24-21(26)19(28-18)12-14-5-3-6-16(22)11-14/h3,5-6,11-12,15,17-18H,2,4,7-10,13H2,1H3,(H,23,25)(H,24,26)/b19-12-. The maximum absolute atomic E-state index is 12.4. The van der Waals surface area contributed by atoms with E-state index in [4.69, 9.17) is 21.1 Å². The highest BCUT2D eigenvalue weighted by atomic mass is 35.5. The van der Waals surface area contributed by atoms with Gasteiger partial charge >= 0.3 is 0 Å². The molecule has 1 heterocycles. The first-order valence-corrected chi connectivity index (χ1v) is 10.2. The first-order chi connectivity index (χ1) is 13.6. The lowest BCUT2D eigenvalue weighted by Gasteiger charge is -2.39. The van der Waals surface area contributed by atoms with E-state index in [1.807, 2.05) is 19.1 Å². The summed E-state index contributed by atoms with van der Waals surface area (Å²) in [7, 11) is 0. The third kappa shape index (κ3) is 5.49. The Morgan fingerprint density at radius 3 is 3.07 bits per heavy atom. The van der Waals surface area contributed by atoms with Gasteiger partial charge in [-0.3, -0.25) is 9.59 Å². The van der Waals surface area contributed by atoms with Crippen LogP contribution in [0, 0.1) is 5.92 Å². The van der Waals surface area contributed by atoms with E-state index in [1.165, 1.54) is 0 Å². The fraction of sp³-hybridized carbons (Fsp3) is 0.524. The Morgan fingerprint density at radius 2 is 2.29 bits per heavy atom. The van der Waals surface area contributed by atoms with Gasteiger partial charge in [0.25, 0.3) is 5.91 Å². The van der Waals surface area contributed by atoms with Crippen LogP contribution in [-0.2, 0) is 19.1 Å². The van der Waals surface area contributed by atoms with Crippen molar-refractivity contribution in [2.45, 2.75) is 44.8 Å². The Morgan fingerprint density at radius 1 is 1.43 bits per heavy atom. The van der Waals surface area contributed by atoms with Gasteiger partial charge in [-0.05, 0) is 56.4 Å². The van der Waals surface area contributed by atoms with Gasteiger partial charge in [-0.2, -0.15) is 0 Å². The summed E-state index contributed by atoms with van der Waals surface area (Å²) < 4.78 is 11.2. The van der Waals surface area contributed by atoms with E-state index in [0.717, 1.165) is 24.8 Å². The number of hydrogen-bond acceptors (Lipinski definition) is 4. The van der Waals surface area contributed by atoms with Gasteiger partial charge in [-0.1, -0.05) is 23.7 Å². The highest BCUT2D eigenvalue weighted by molar-refractivity contribution is 6.30. The van der Waals surface area contributed by atoms with Crippen LogP contribution in [0.2, 0.25) is 5.02 Å². The molecular weight excluding hydrogens is 380 g/mol. The van der Waals surface area contributed by atoms with Gasteiger partial charge in [0.15, 0.2) is 5.76 Å². The number of amides is 2. The van der Waals surface area contributed by atoms with Crippen molar-refractivity contribution in [2.24, 2.45) is 5.92 Å². The summed E-state index contributed by atoms with van der Waals surface area (Å²) in [6, 6.07) is 7.12. The molecule has 1 aromatic rings. The molecule has 6 nitrogen and oxygen atoms in total. The molecule has 2 fully saturated rings. The van der Waals surface area contributed by atoms with Crippen LogP contribution >= 0.6 is 11.6 Å². The highest BCUT2D eigenvalue weighted by Gasteiger charge is 2.40. The van der Waals surface area contributed by atoms with Gasteiger partial charge in [-0.25, -0.2) is 0 Å². The molecule has 28 heavy (non-hydrogen) atoms. The first kappa shape index (κ1) is 20.7. The van der Waals surface area contributed by atoms with Crippen LogP contribution in [0.25, 0.3) is 6.08 Å². The summed E-state index contributed by atoms with van der Waals surface area (Å²) >= 11 is 6.00. The molecule has 3 rings (SSSR count). The molecule has 3 unspecified atom stereocenters. The molecule has 1 saturated carbocycles. The molecule has 0 aromatic heterocycles.